The smallest absolute Gasteiger partial charge is 0.406 e. The van der Waals surface area contributed by atoms with Gasteiger partial charge >= 0.3 is 18.4 Å². The Bertz CT molecular complexity index is 1420. The number of hydrogen-bond acceptors (Lipinski definition) is 5. The second-order valence-corrected chi connectivity index (χ2v) is 8.85. The van der Waals surface area contributed by atoms with E-state index in [0.29, 0.717) is 17.3 Å². The minimum absolute atomic E-state index is 0.0388. The molecule has 206 valence electrons. The molecule has 5 N–H and O–H groups in total. The Balaban J connectivity index is 1.58. The van der Waals surface area contributed by atoms with Crippen molar-refractivity contribution in [1.29, 1.82) is 0 Å². The van der Waals surface area contributed by atoms with E-state index in [1.165, 1.54) is 34.7 Å². The van der Waals surface area contributed by atoms with Gasteiger partial charge in [0.05, 0.1) is 17.2 Å². The highest BCUT2D eigenvalue weighted by atomic mass is 19.4. The normalized spacial score (nSPS) is 17.1. The molecule has 0 unspecified atom stereocenters. The van der Waals surface area contributed by atoms with Crippen LogP contribution >= 0.6 is 0 Å². The van der Waals surface area contributed by atoms with Gasteiger partial charge in [-0.2, -0.15) is 0 Å². The minimum Gasteiger partial charge on any atom is -0.406 e. The molecule has 2 heterocycles. The number of primary amides is 1. The number of halogens is 3. The number of nitrogens with two attached hydrogens (primary N) is 1. The molecule has 2 aromatic carbocycles. The van der Waals surface area contributed by atoms with Crippen molar-refractivity contribution in [2.45, 2.75) is 38.2 Å². The van der Waals surface area contributed by atoms with Gasteiger partial charge in [0.2, 0.25) is 11.8 Å². The Kier molecular flexibility index (Phi) is 7.65. The number of alkyl halides is 3. The van der Waals surface area contributed by atoms with Crippen LogP contribution in [-0.4, -0.2) is 58.3 Å². The molecule has 3 aromatic rings. The summed E-state index contributed by atoms with van der Waals surface area (Å²) in [5.74, 6) is -1.48. The third kappa shape index (κ3) is 6.40. The van der Waals surface area contributed by atoms with Crippen LogP contribution < -0.4 is 26.4 Å². The fourth-order valence-electron chi connectivity index (χ4n) is 4.55. The van der Waals surface area contributed by atoms with Crippen molar-refractivity contribution in [3.8, 4) is 5.75 Å². The van der Waals surface area contributed by atoms with Gasteiger partial charge in [-0.15, -0.1) is 13.2 Å². The Hall–Kier alpha value is -4.75. The highest BCUT2D eigenvalue weighted by Crippen LogP contribution is 2.30. The summed E-state index contributed by atoms with van der Waals surface area (Å²) in [5, 5.41) is 8.43. The summed E-state index contributed by atoms with van der Waals surface area (Å²) in [5.41, 5.74) is 6.23. The van der Waals surface area contributed by atoms with Crippen LogP contribution in [0.15, 0.2) is 54.7 Å². The number of likely N-dealkylation sites (tertiary alicyclic amines) is 1. The van der Waals surface area contributed by atoms with Crippen LogP contribution in [0.2, 0.25) is 0 Å². The number of hydrogen-bond donors (Lipinski definition) is 4. The number of carbonyl (C=O) groups is 4. The standard InChI is InChI=1S/C25H25F3N6O5/c1-14(35)30-12-16-9-10-21(22(36)31-15-5-4-6-17(11-15)39-25(26,27)28)34(16)24(38)32-19-13-33(23(29)37)20-8-3-2-7-18(19)20/h2-8,11,13,16,21H,9-10,12H2,1H3,(H2,29,37)(H,30,35)(H,31,36)(H,32,38)/t16-,21+/m1/s1. The number of carbonyl (C=O) groups excluding carboxylic acids is 4. The molecule has 0 bridgehead atoms. The number of anilines is 2. The fraction of sp³-hybridized carbons (Fsp3) is 0.280. The van der Waals surface area contributed by atoms with Crippen molar-refractivity contribution in [1.82, 2.24) is 14.8 Å². The molecular weight excluding hydrogens is 521 g/mol. The average Bonchev–Trinajstić information content (AvgIpc) is 3.44. The first-order chi connectivity index (χ1) is 18.4. The van der Waals surface area contributed by atoms with Crippen molar-refractivity contribution in [2.75, 3.05) is 17.2 Å². The van der Waals surface area contributed by atoms with Gasteiger partial charge in [0.25, 0.3) is 0 Å². The molecule has 14 heteroatoms. The van der Waals surface area contributed by atoms with Crippen LogP contribution in [0.25, 0.3) is 10.9 Å². The Labute approximate surface area is 220 Å². The number of urea groups is 1. The lowest BCUT2D eigenvalue weighted by Crippen LogP contribution is -2.51. The lowest BCUT2D eigenvalue weighted by atomic mass is 10.2. The van der Waals surface area contributed by atoms with Gasteiger partial charge in [-0.25, -0.2) is 9.59 Å². The summed E-state index contributed by atoms with van der Waals surface area (Å²) >= 11 is 0. The Morgan fingerprint density at radius 3 is 2.49 bits per heavy atom. The first-order valence-corrected chi connectivity index (χ1v) is 11.8. The third-order valence-corrected chi connectivity index (χ3v) is 6.15. The maximum atomic E-state index is 13.5. The number of para-hydroxylation sites is 1. The molecule has 11 nitrogen and oxygen atoms in total. The Morgan fingerprint density at radius 2 is 1.79 bits per heavy atom. The van der Waals surface area contributed by atoms with Gasteiger partial charge in [-0.1, -0.05) is 24.3 Å². The largest absolute Gasteiger partial charge is 0.573 e. The topological polar surface area (TPSA) is 148 Å². The molecule has 1 saturated heterocycles. The molecule has 5 amide bonds. The summed E-state index contributed by atoms with van der Waals surface area (Å²) in [6, 6.07) is 8.50. The number of nitrogens with one attached hydrogen (secondary N) is 3. The number of amides is 5. The van der Waals surface area contributed by atoms with Crippen molar-refractivity contribution in [2.24, 2.45) is 5.73 Å². The highest BCUT2D eigenvalue weighted by Gasteiger charge is 2.41. The van der Waals surface area contributed by atoms with E-state index in [1.54, 1.807) is 24.3 Å². The molecule has 0 spiro atoms. The molecular formula is C25H25F3N6O5. The zero-order valence-electron chi connectivity index (χ0n) is 20.6. The van der Waals surface area contributed by atoms with Gasteiger partial charge in [0, 0.05) is 36.8 Å². The number of benzene rings is 2. The molecule has 39 heavy (non-hydrogen) atoms. The first-order valence-electron chi connectivity index (χ1n) is 11.8. The zero-order chi connectivity index (χ0) is 28.3. The van der Waals surface area contributed by atoms with Crippen LogP contribution in [-0.2, 0) is 9.59 Å². The number of fused-ring (bicyclic) bond motifs is 1. The molecule has 1 fully saturated rings. The summed E-state index contributed by atoms with van der Waals surface area (Å²) in [4.78, 5) is 51.4. The summed E-state index contributed by atoms with van der Waals surface area (Å²) in [6.45, 7) is 1.39. The second kappa shape index (κ2) is 10.9. The quantitative estimate of drug-likeness (QED) is 0.373. The van der Waals surface area contributed by atoms with Gasteiger partial charge in [-0.05, 0) is 31.0 Å². The van der Waals surface area contributed by atoms with Gasteiger partial charge in [0.15, 0.2) is 0 Å². The lowest BCUT2D eigenvalue weighted by molar-refractivity contribution is -0.274. The highest BCUT2D eigenvalue weighted by molar-refractivity contribution is 6.06. The maximum absolute atomic E-state index is 13.5. The van der Waals surface area contributed by atoms with E-state index in [4.69, 9.17) is 5.73 Å². The van der Waals surface area contributed by atoms with E-state index in [2.05, 4.69) is 20.7 Å². The number of nitrogens with zero attached hydrogens (tertiary/aromatic N) is 2. The molecule has 1 aromatic heterocycles. The van der Waals surface area contributed by atoms with Crippen LogP contribution in [0.3, 0.4) is 0 Å². The van der Waals surface area contributed by atoms with Crippen molar-refractivity contribution < 1.29 is 37.1 Å². The molecule has 1 aliphatic rings. The monoisotopic (exact) mass is 546 g/mol. The zero-order valence-corrected chi connectivity index (χ0v) is 20.6. The number of aromatic nitrogens is 1. The van der Waals surface area contributed by atoms with Crippen molar-refractivity contribution in [3.05, 3.63) is 54.7 Å². The van der Waals surface area contributed by atoms with E-state index >= 15 is 0 Å². The van der Waals surface area contributed by atoms with Crippen LogP contribution in [0.5, 0.6) is 5.75 Å². The first kappa shape index (κ1) is 27.3. The van der Waals surface area contributed by atoms with Crippen LogP contribution in [0.1, 0.15) is 19.8 Å². The van der Waals surface area contributed by atoms with Crippen molar-refractivity contribution in [3.63, 3.8) is 0 Å². The number of ether oxygens (including phenoxy) is 1. The van der Waals surface area contributed by atoms with E-state index in [9.17, 15) is 32.3 Å². The molecule has 0 saturated carbocycles. The van der Waals surface area contributed by atoms with E-state index in [-0.39, 0.29) is 30.2 Å². The summed E-state index contributed by atoms with van der Waals surface area (Å²) in [6.07, 6.45) is -2.94. The summed E-state index contributed by atoms with van der Waals surface area (Å²) < 4.78 is 42.9. The lowest BCUT2D eigenvalue weighted by Gasteiger charge is -2.30. The van der Waals surface area contributed by atoms with E-state index < -0.39 is 42.2 Å². The minimum atomic E-state index is -4.91. The molecule has 0 aliphatic carbocycles. The van der Waals surface area contributed by atoms with Gasteiger partial charge in [-0.3, -0.25) is 14.2 Å². The molecule has 2 atom stereocenters. The molecule has 0 radical (unpaired) electrons. The van der Waals surface area contributed by atoms with Crippen LogP contribution in [0, 0.1) is 0 Å². The average molecular weight is 547 g/mol. The number of rotatable bonds is 6. The Morgan fingerprint density at radius 1 is 1.05 bits per heavy atom. The molecule has 4 rings (SSSR count). The van der Waals surface area contributed by atoms with Crippen molar-refractivity contribution >= 4 is 46.2 Å². The SMILES string of the molecule is CC(=O)NC[C@H]1CC[C@@H](C(=O)Nc2cccc(OC(F)(F)F)c2)N1C(=O)Nc1cn(C(N)=O)c2ccccc12. The van der Waals surface area contributed by atoms with E-state index in [0.717, 1.165) is 12.1 Å². The molecule has 1 aliphatic heterocycles. The van der Waals surface area contributed by atoms with E-state index in [1.807, 2.05) is 0 Å². The maximum Gasteiger partial charge on any atom is 0.573 e. The van der Waals surface area contributed by atoms with Gasteiger partial charge in [0.1, 0.15) is 11.8 Å². The summed E-state index contributed by atoms with van der Waals surface area (Å²) in [7, 11) is 0. The second-order valence-electron chi connectivity index (χ2n) is 8.85. The predicted octanol–water partition coefficient (Wildman–Crippen LogP) is 3.61. The predicted molar refractivity (Wildman–Crippen MR) is 135 cm³/mol. The van der Waals surface area contributed by atoms with Crippen LogP contribution in [0.4, 0.5) is 34.1 Å². The third-order valence-electron chi connectivity index (χ3n) is 6.15. The van der Waals surface area contributed by atoms with Gasteiger partial charge < -0.3 is 31.3 Å². The fourth-order valence-corrected chi connectivity index (χ4v) is 4.55.